The Morgan fingerprint density at radius 1 is 1.37 bits per heavy atom. The molecular formula is C18H21F3N4O2. The summed E-state index contributed by atoms with van der Waals surface area (Å²) in [4.78, 5) is 18.0. The summed E-state index contributed by atoms with van der Waals surface area (Å²) in [5.41, 5.74) is 0.975. The molecule has 146 valence electrons. The third-order valence-electron chi connectivity index (χ3n) is 4.74. The maximum Gasteiger partial charge on any atom is 0.417 e. The topological polar surface area (TPSA) is 71.3 Å². The zero-order chi connectivity index (χ0) is 19.6. The van der Waals surface area contributed by atoms with E-state index in [-0.39, 0.29) is 11.9 Å². The van der Waals surface area contributed by atoms with Crippen molar-refractivity contribution in [2.45, 2.75) is 45.3 Å². The summed E-state index contributed by atoms with van der Waals surface area (Å²) in [5.74, 6) is 1.14. The fourth-order valence-corrected chi connectivity index (χ4v) is 3.22. The lowest BCUT2D eigenvalue weighted by Gasteiger charge is -2.18. The van der Waals surface area contributed by atoms with Crippen LogP contribution in [0.2, 0.25) is 0 Å². The second kappa shape index (κ2) is 7.58. The first-order valence-electron chi connectivity index (χ1n) is 8.73. The Labute approximate surface area is 154 Å². The SMILES string of the molecule is Cc1noc(C)c1CCC(=O)NC1CCN(c2ccc(C(F)(F)F)cn2)C1. The van der Waals surface area contributed by atoms with Crippen LogP contribution in [0, 0.1) is 13.8 Å². The first kappa shape index (κ1) is 19.2. The smallest absolute Gasteiger partial charge is 0.361 e. The highest BCUT2D eigenvalue weighted by atomic mass is 19.4. The highest BCUT2D eigenvalue weighted by Crippen LogP contribution is 2.29. The van der Waals surface area contributed by atoms with Gasteiger partial charge in [-0.05, 0) is 38.8 Å². The van der Waals surface area contributed by atoms with Gasteiger partial charge in [-0.25, -0.2) is 4.98 Å². The Morgan fingerprint density at radius 2 is 2.15 bits per heavy atom. The monoisotopic (exact) mass is 382 g/mol. The highest BCUT2D eigenvalue weighted by molar-refractivity contribution is 5.76. The summed E-state index contributed by atoms with van der Waals surface area (Å²) in [7, 11) is 0. The number of pyridine rings is 1. The van der Waals surface area contributed by atoms with Gasteiger partial charge in [-0.3, -0.25) is 4.79 Å². The number of carbonyl (C=O) groups is 1. The van der Waals surface area contributed by atoms with E-state index in [4.69, 9.17) is 4.52 Å². The zero-order valence-electron chi connectivity index (χ0n) is 15.1. The molecule has 1 amide bonds. The van der Waals surface area contributed by atoms with Crippen molar-refractivity contribution in [2.24, 2.45) is 0 Å². The third-order valence-corrected chi connectivity index (χ3v) is 4.74. The molecule has 3 rings (SSSR count). The van der Waals surface area contributed by atoms with Gasteiger partial charge in [0.25, 0.3) is 0 Å². The van der Waals surface area contributed by atoms with E-state index in [2.05, 4.69) is 15.5 Å². The molecule has 1 atom stereocenters. The Balaban J connectivity index is 1.50. The van der Waals surface area contributed by atoms with Crippen molar-refractivity contribution in [1.82, 2.24) is 15.5 Å². The number of nitrogens with one attached hydrogen (secondary N) is 1. The van der Waals surface area contributed by atoms with Crippen LogP contribution in [0.25, 0.3) is 0 Å². The molecule has 1 unspecified atom stereocenters. The number of alkyl halides is 3. The van der Waals surface area contributed by atoms with Gasteiger partial charge in [0.05, 0.1) is 11.3 Å². The van der Waals surface area contributed by atoms with Crippen LogP contribution in [0.3, 0.4) is 0 Å². The summed E-state index contributed by atoms with van der Waals surface area (Å²) in [6.45, 7) is 4.82. The van der Waals surface area contributed by atoms with E-state index < -0.39 is 11.7 Å². The number of aromatic nitrogens is 2. The molecule has 0 saturated carbocycles. The normalized spacial score (nSPS) is 17.4. The van der Waals surface area contributed by atoms with Crippen molar-refractivity contribution in [3.63, 3.8) is 0 Å². The molecule has 1 aliphatic heterocycles. The third kappa shape index (κ3) is 4.58. The van der Waals surface area contributed by atoms with Crippen molar-refractivity contribution in [1.29, 1.82) is 0 Å². The van der Waals surface area contributed by atoms with Gasteiger partial charge in [-0.15, -0.1) is 0 Å². The lowest BCUT2D eigenvalue weighted by atomic mass is 10.1. The lowest BCUT2D eigenvalue weighted by molar-refractivity contribution is -0.137. The average Bonchev–Trinajstić information content (AvgIpc) is 3.19. The molecule has 27 heavy (non-hydrogen) atoms. The molecule has 2 aromatic heterocycles. The van der Waals surface area contributed by atoms with Crippen LogP contribution < -0.4 is 10.2 Å². The maximum atomic E-state index is 12.6. The standard InChI is InChI=1S/C18H21F3N4O2/c1-11-15(12(2)27-24-11)4-6-17(26)23-14-7-8-25(10-14)16-5-3-13(9-22-16)18(19,20)21/h3,5,9,14H,4,6-8,10H2,1-2H3,(H,23,26). The first-order chi connectivity index (χ1) is 12.7. The van der Waals surface area contributed by atoms with Crippen molar-refractivity contribution >= 4 is 11.7 Å². The summed E-state index contributed by atoms with van der Waals surface area (Å²) in [6.07, 6.45) is -1.94. The van der Waals surface area contributed by atoms with Crippen LogP contribution in [0.5, 0.6) is 0 Å². The van der Waals surface area contributed by atoms with Gasteiger partial charge in [0.15, 0.2) is 0 Å². The predicted octanol–water partition coefficient (Wildman–Crippen LogP) is 3.03. The molecule has 0 spiro atoms. The van der Waals surface area contributed by atoms with E-state index in [9.17, 15) is 18.0 Å². The molecule has 2 aromatic rings. The molecule has 3 heterocycles. The second-order valence-corrected chi connectivity index (χ2v) is 6.70. The number of carbonyl (C=O) groups excluding carboxylic acids is 1. The molecule has 1 fully saturated rings. The van der Waals surface area contributed by atoms with Crippen LogP contribution in [0.4, 0.5) is 19.0 Å². The molecule has 1 N–H and O–H groups in total. The van der Waals surface area contributed by atoms with E-state index >= 15 is 0 Å². The maximum absolute atomic E-state index is 12.6. The van der Waals surface area contributed by atoms with Gasteiger partial charge in [-0.1, -0.05) is 5.16 Å². The second-order valence-electron chi connectivity index (χ2n) is 6.70. The summed E-state index contributed by atoms with van der Waals surface area (Å²) < 4.78 is 42.9. The summed E-state index contributed by atoms with van der Waals surface area (Å²) in [6, 6.07) is 2.34. The number of aryl methyl sites for hydroxylation is 2. The number of nitrogens with zero attached hydrogens (tertiary/aromatic N) is 3. The highest BCUT2D eigenvalue weighted by Gasteiger charge is 2.31. The number of halogens is 3. The molecule has 1 saturated heterocycles. The molecule has 0 radical (unpaired) electrons. The minimum atomic E-state index is -4.39. The quantitative estimate of drug-likeness (QED) is 0.861. The Kier molecular flexibility index (Phi) is 5.38. The fraction of sp³-hybridized carbons (Fsp3) is 0.500. The lowest BCUT2D eigenvalue weighted by Crippen LogP contribution is -2.37. The van der Waals surface area contributed by atoms with Gasteiger partial charge in [0, 0.05) is 37.3 Å². The molecule has 6 nitrogen and oxygen atoms in total. The minimum absolute atomic E-state index is 0.0498. The molecule has 1 aliphatic rings. The van der Waals surface area contributed by atoms with E-state index in [1.54, 1.807) is 0 Å². The van der Waals surface area contributed by atoms with Gasteiger partial charge in [-0.2, -0.15) is 13.2 Å². The Hall–Kier alpha value is -2.58. The average molecular weight is 382 g/mol. The molecular weight excluding hydrogens is 361 g/mol. The molecule has 9 heteroatoms. The predicted molar refractivity (Wildman–Crippen MR) is 92.3 cm³/mol. The van der Waals surface area contributed by atoms with Crippen LogP contribution in [-0.2, 0) is 17.4 Å². The van der Waals surface area contributed by atoms with Crippen molar-refractivity contribution < 1.29 is 22.5 Å². The van der Waals surface area contributed by atoms with E-state index in [0.717, 1.165) is 35.7 Å². The number of anilines is 1. The molecule has 0 bridgehead atoms. The van der Waals surface area contributed by atoms with Gasteiger partial charge in [0.2, 0.25) is 5.91 Å². The number of rotatable bonds is 5. The van der Waals surface area contributed by atoms with Gasteiger partial charge < -0.3 is 14.7 Å². The van der Waals surface area contributed by atoms with E-state index in [1.807, 2.05) is 18.7 Å². The summed E-state index contributed by atoms with van der Waals surface area (Å²) >= 11 is 0. The zero-order valence-corrected chi connectivity index (χ0v) is 15.1. The van der Waals surface area contributed by atoms with Gasteiger partial charge in [0.1, 0.15) is 11.6 Å². The number of hydrogen-bond donors (Lipinski definition) is 1. The fourth-order valence-electron chi connectivity index (χ4n) is 3.22. The number of hydrogen-bond acceptors (Lipinski definition) is 5. The van der Waals surface area contributed by atoms with Crippen molar-refractivity contribution in [2.75, 3.05) is 18.0 Å². The summed E-state index contributed by atoms with van der Waals surface area (Å²) in [5, 5.41) is 6.85. The van der Waals surface area contributed by atoms with Crippen LogP contribution in [-0.4, -0.2) is 35.2 Å². The Bertz CT molecular complexity index is 782. The van der Waals surface area contributed by atoms with Crippen molar-refractivity contribution in [3.8, 4) is 0 Å². The van der Waals surface area contributed by atoms with Gasteiger partial charge >= 0.3 is 6.18 Å². The Morgan fingerprint density at radius 3 is 2.74 bits per heavy atom. The van der Waals surface area contributed by atoms with Crippen molar-refractivity contribution in [3.05, 3.63) is 40.9 Å². The van der Waals surface area contributed by atoms with E-state index in [0.29, 0.717) is 31.7 Å². The molecule has 0 aromatic carbocycles. The minimum Gasteiger partial charge on any atom is -0.361 e. The van der Waals surface area contributed by atoms with E-state index in [1.165, 1.54) is 6.07 Å². The number of amides is 1. The van der Waals surface area contributed by atoms with Crippen LogP contribution >= 0.6 is 0 Å². The van der Waals surface area contributed by atoms with Crippen LogP contribution in [0.15, 0.2) is 22.9 Å². The first-order valence-corrected chi connectivity index (χ1v) is 8.73. The van der Waals surface area contributed by atoms with Crippen LogP contribution in [0.1, 0.15) is 35.4 Å². The molecule has 0 aliphatic carbocycles. The largest absolute Gasteiger partial charge is 0.417 e.